The summed E-state index contributed by atoms with van der Waals surface area (Å²) in [6.45, 7) is 2.25. The lowest BCUT2D eigenvalue weighted by molar-refractivity contribution is -0.145. The molecule has 1 aromatic heterocycles. The van der Waals surface area contributed by atoms with Crippen LogP contribution in [-0.4, -0.2) is 35.4 Å². The van der Waals surface area contributed by atoms with Gasteiger partial charge >= 0.3 is 5.97 Å². The maximum Gasteiger partial charge on any atom is 0.310 e. The summed E-state index contributed by atoms with van der Waals surface area (Å²) in [5.41, 5.74) is 1.27. The van der Waals surface area contributed by atoms with Crippen LogP contribution in [0.15, 0.2) is 48.8 Å². The number of nitrogens with zero attached hydrogens (tertiary/aromatic N) is 2. The average Bonchev–Trinajstić information content (AvgIpc) is 2.62. The van der Waals surface area contributed by atoms with Gasteiger partial charge in [0.15, 0.2) is 0 Å². The molecule has 1 atom stereocenters. The molecule has 126 valence electrons. The highest BCUT2D eigenvalue weighted by molar-refractivity contribution is 6.31. The summed E-state index contributed by atoms with van der Waals surface area (Å²) >= 11 is 6.20. The van der Waals surface area contributed by atoms with Crippen molar-refractivity contribution in [2.24, 2.45) is 5.92 Å². The first kappa shape index (κ1) is 17.9. The van der Waals surface area contributed by atoms with Crippen LogP contribution < -0.4 is 0 Å². The van der Waals surface area contributed by atoms with Crippen molar-refractivity contribution in [1.82, 2.24) is 9.88 Å². The molecule has 1 unspecified atom stereocenters. The Labute approximate surface area is 146 Å². The zero-order valence-electron chi connectivity index (χ0n) is 13.6. The number of hydrogen-bond acceptors (Lipinski definition) is 4. The molecule has 5 nitrogen and oxygen atoms in total. The van der Waals surface area contributed by atoms with Gasteiger partial charge in [0.25, 0.3) is 5.91 Å². The maximum absolute atomic E-state index is 12.8. The number of carbonyl (C=O) groups excluding carboxylic acids is 2. The standard InChI is InChI=1S/C18H19ClN2O3/c1-13(18(23)24-2)11-21(12-15-6-3-4-8-16(15)19)17(22)14-7-5-9-20-10-14/h3-10,13H,11-12H2,1-2H3. The van der Waals surface area contributed by atoms with E-state index < -0.39 is 5.92 Å². The van der Waals surface area contributed by atoms with Crippen molar-refractivity contribution in [3.8, 4) is 0 Å². The second-order valence-electron chi connectivity index (χ2n) is 5.44. The Morgan fingerprint density at radius 1 is 1.25 bits per heavy atom. The van der Waals surface area contributed by atoms with Gasteiger partial charge in [0.2, 0.25) is 0 Å². The van der Waals surface area contributed by atoms with Crippen molar-refractivity contribution in [2.75, 3.05) is 13.7 Å². The number of benzene rings is 1. The minimum atomic E-state index is -0.446. The molecule has 2 aromatic rings. The number of amides is 1. The molecule has 0 spiro atoms. The Morgan fingerprint density at radius 3 is 2.62 bits per heavy atom. The highest BCUT2D eigenvalue weighted by Crippen LogP contribution is 2.19. The number of pyridine rings is 1. The minimum Gasteiger partial charge on any atom is -0.469 e. The SMILES string of the molecule is COC(=O)C(C)CN(Cc1ccccc1Cl)C(=O)c1cccnc1. The van der Waals surface area contributed by atoms with Crippen LogP contribution in [0.5, 0.6) is 0 Å². The van der Waals surface area contributed by atoms with E-state index in [2.05, 4.69) is 4.98 Å². The molecule has 0 fully saturated rings. The summed E-state index contributed by atoms with van der Waals surface area (Å²) in [5, 5.41) is 0.576. The van der Waals surface area contributed by atoms with Crippen molar-refractivity contribution in [3.05, 3.63) is 64.9 Å². The third kappa shape index (κ3) is 4.55. The number of carbonyl (C=O) groups is 2. The number of hydrogen-bond donors (Lipinski definition) is 0. The highest BCUT2D eigenvalue weighted by Gasteiger charge is 2.23. The van der Waals surface area contributed by atoms with Gasteiger partial charge in [-0.15, -0.1) is 0 Å². The number of halogens is 1. The summed E-state index contributed by atoms with van der Waals surface area (Å²) < 4.78 is 4.76. The monoisotopic (exact) mass is 346 g/mol. The van der Waals surface area contributed by atoms with Gasteiger partial charge in [-0.3, -0.25) is 14.6 Å². The van der Waals surface area contributed by atoms with E-state index in [-0.39, 0.29) is 18.4 Å². The van der Waals surface area contributed by atoms with Gasteiger partial charge in [-0.25, -0.2) is 0 Å². The first-order chi connectivity index (χ1) is 11.5. The third-order valence-corrected chi connectivity index (χ3v) is 3.98. The van der Waals surface area contributed by atoms with Crippen molar-refractivity contribution >= 4 is 23.5 Å². The van der Waals surface area contributed by atoms with Crippen LogP contribution in [0.1, 0.15) is 22.8 Å². The summed E-state index contributed by atoms with van der Waals surface area (Å²) in [6, 6.07) is 10.7. The Bertz CT molecular complexity index is 706. The second-order valence-corrected chi connectivity index (χ2v) is 5.85. The summed E-state index contributed by atoms with van der Waals surface area (Å²) in [4.78, 5) is 30.1. The van der Waals surface area contributed by atoms with E-state index in [9.17, 15) is 9.59 Å². The van der Waals surface area contributed by atoms with Gasteiger partial charge in [-0.1, -0.05) is 36.7 Å². The lowest BCUT2D eigenvalue weighted by Crippen LogP contribution is -2.37. The maximum atomic E-state index is 12.8. The highest BCUT2D eigenvalue weighted by atomic mass is 35.5. The van der Waals surface area contributed by atoms with Crippen LogP contribution in [0.3, 0.4) is 0 Å². The molecule has 1 heterocycles. The fourth-order valence-corrected chi connectivity index (χ4v) is 2.53. The lowest BCUT2D eigenvalue weighted by atomic mass is 10.1. The molecule has 0 bridgehead atoms. The van der Waals surface area contributed by atoms with Crippen LogP contribution in [-0.2, 0) is 16.1 Å². The van der Waals surface area contributed by atoms with Gasteiger partial charge in [0.1, 0.15) is 0 Å². The summed E-state index contributed by atoms with van der Waals surface area (Å²) in [6.07, 6.45) is 3.11. The van der Waals surface area contributed by atoms with Gasteiger partial charge in [0.05, 0.1) is 18.6 Å². The average molecular weight is 347 g/mol. The van der Waals surface area contributed by atoms with Gasteiger partial charge in [-0.05, 0) is 23.8 Å². The Morgan fingerprint density at radius 2 is 2.00 bits per heavy atom. The largest absolute Gasteiger partial charge is 0.469 e. The van der Waals surface area contributed by atoms with Gasteiger partial charge in [0, 0.05) is 30.5 Å². The normalized spacial score (nSPS) is 11.6. The number of esters is 1. The van der Waals surface area contributed by atoms with E-state index in [4.69, 9.17) is 16.3 Å². The fraction of sp³-hybridized carbons (Fsp3) is 0.278. The van der Waals surface area contributed by atoms with Crippen molar-refractivity contribution in [1.29, 1.82) is 0 Å². The molecule has 24 heavy (non-hydrogen) atoms. The quantitative estimate of drug-likeness (QED) is 0.754. The predicted molar refractivity (Wildman–Crippen MR) is 91.6 cm³/mol. The molecule has 0 radical (unpaired) electrons. The molecule has 0 aliphatic heterocycles. The molecule has 0 saturated heterocycles. The molecular formula is C18H19ClN2O3. The van der Waals surface area contributed by atoms with E-state index in [0.717, 1.165) is 5.56 Å². The molecule has 1 aromatic carbocycles. The summed E-state index contributed by atoms with van der Waals surface area (Å²) in [5.74, 6) is -1.02. The predicted octanol–water partition coefficient (Wildman–Crippen LogP) is 3.19. The fourth-order valence-electron chi connectivity index (χ4n) is 2.33. The molecule has 2 rings (SSSR count). The third-order valence-electron chi connectivity index (χ3n) is 3.61. The molecule has 0 N–H and O–H groups in total. The first-order valence-electron chi connectivity index (χ1n) is 7.53. The smallest absolute Gasteiger partial charge is 0.310 e. The van der Waals surface area contributed by atoms with E-state index in [1.165, 1.54) is 13.3 Å². The van der Waals surface area contributed by atoms with Crippen LogP contribution >= 0.6 is 11.6 Å². The first-order valence-corrected chi connectivity index (χ1v) is 7.91. The topological polar surface area (TPSA) is 59.5 Å². The molecule has 6 heteroatoms. The van der Waals surface area contributed by atoms with Crippen molar-refractivity contribution < 1.29 is 14.3 Å². The number of ether oxygens (including phenoxy) is 1. The van der Waals surface area contributed by atoms with Gasteiger partial charge < -0.3 is 9.64 Å². The minimum absolute atomic E-state index is 0.209. The Balaban J connectivity index is 2.25. The van der Waals surface area contributed by atoms with E-state index in [0.29, 0.717) is 17.1 Å². The van der Waals surface area contributed by atoms with E-state index in [1.807, 2.05) is 18.2 Å². The van der Waals surface area contributed by atoms with Crippen molar-refractivity contribution in [3.63, 3.8) is 0 Å². The zero-order chi connectivity index (χ0) is 17.5. The van der Waals surface area contributed by atoms with Crippen LogP contribution in [0.25, 0.3) is 0 Å². The Hall–Kier alpha value is -2.40. The molecule has 1 amide bonds. The molecule has 0 aliphatic carbocycles. The van der Waals surface area contributed by atoms with Crippen LogP contribution in [0.4, 0.5) is 0 Å². The van der Waals surface area contributed by atoms with E-state index >= 15 is 0 Å². The number of rotatable bonds is 6. The summed E-state index contributed by atoms with van der Waals surface area (Å²) in [7, 11) is 1.33. The van der Waals surface area contributed by atoms with Crippen LogP contribution in [0.2, 0.25) is 5.02 Å². The molecule has 0 aliphatic rings. The molecule has 0 saturated carbocycles. The van der Waals surface area contributed by atoms with Crippen molar-refractivity contribution in [2.45, 2.75) is 13.5 Å². The zero-order valence-corrected chi connectivity index (χ0v) is 14.4. The Kier molecular flexibility index (Phi) is 6.32. The second kappa shape index (κ2) is 8.45. The van der Waals surface area contributed by atoms with Crippen LogP contribution in [0, 0.1) is 5.92 Å². The van der Waals surface area contributed by atoms with Gasteiger partial charge in [-0.2, -0.15) is 0 Å². The lowest BCUT2D eigenvalue weighted by Gasteiger charge is -2.25. The van der Waals surface area contributed by atoms with E-state index in [1.54, 1.807) is 36.2 Å². The number of methoxy groups -OCH3 is 1. The number of aromatic nitrogens is 1. The molecular weight excluding hydrogens is 328 g/mol.